The Morgan fingerprint density at radius 2 is 2.25 bits per heavy atom. The zero-order valence-electron chi connectivity index (χ0n) is 9.39. The monoisotopic (exact) mass is 242 g/mol. The average Bonchev–Trinajstić information content (AvgIpc) is 2.71. The van der Waals surface area contributed by atoms with Crippen molar-refractivity contribution in [2.45, 2.75) is 38.8 Å². The molecule has 88 valence electrons. The molecule has 2 atom stereocenters. The summed E-state index contributed by atoms with van der Waals surface area (Å²) in [6.07, 6.45) is 1.62. The van der Waals surface area contributed by atoms with Crippen molar-refractivity contribution in [3.05, 3.63) is 10.8 Å². The second kappa shape index (κ2) is 4.51. The Bertz CT molecular complexity index is 385. The molecule has 0 bridgehead atoms. The zero-order valence-corrected chi connectivity index (χ0v) is 10.1. The Kier molecular flexibility index (Phi) is 3.25. The molecule has 5 nitrogen and oxygen atoms in total. The van der Waals surface area contributed by atoms with E-state index in [1.54, 1.807) is 13.8 Å². The van der Waals surface area contributed by atoms with E-state index in [0.717, 1.165) is 19.4 Å². The third-order valence-corrected chi connectivity index (χ3v) is 3.26. The van der Waals surface area contributed by atoms with Gasteiger partial charge in [0.05, 0.1) is 17.8 Å². The standard InChI is InChI=1S/C10H15ClN4O/c1-6-9(11)13-14-10(12-6)15-5-3-4-8(15)7(2)16/h7-8,16H,3-5H2,1-2H3/t7?,8-/m1/s1. The quantitative estimate of drug-likeness (QED) is 0.844. The van der Waals surface area contributed by atoms with Crippen molar-refractivity contribution < 1.29 is 5.11 Å². The van der Waals surface area contributed by atoms with E-state index < -0.39 is 0 Å². The highest BCUT2D eigenvalue weighted by atomic mass is 35.5. The maximum absolute atomic E-state index is 9.66. The molecule has 1 aromatic heterocycles. The van der Waals surface area contributed by atoms with Crippen LogP contribution in [0.1, 0.15) is 25.5 Å². The van der Waals surface area contributed by atoms with Crippen LogP contribution in [-0.2, 0) is 0 Å². The van der Waals surface area contributed by atoms with Crippen molar-refractivity contribution >= 4 is 17.5 Å². The van der Waals surface area contributed by atoms with Gasteiger partial charge >= 0.3 is 0 Å². The highest BCUT2D eigenvalue weighted by Gasteiger charge is 2.30. The SMILES string of the molecule is Cc1nc(N2CCC[C@@H]2C(C)O)nnc1Cl. The topological polar surface area (TPSA) is 62.1 Å². The molecule has 2 heterocycles. The molecule has 0 radical (unpaired) electrons. The first-order valence-electron chi connectivity index (χ1n) is 5.41. The molecule has 1 fully saturated rings. The molecule has 0 saturated carbocycles. The van der Waals surface area contributed by atoms with E-state index in [1.807, 2.05) is 4.90 Å². The molecule has 6 heteroatoms. The fourth-order valence-electron chi connectivity index (χ4n) is 2.04. The van der Waals surface area contributed by atoms with Crippen LogP contribution in [0.2, 0.25) is 5.15 Å². The van der Waals surface area contributed by atoms with E-state index in [2.05, 4.69) is 15.2 Å². The van der Waals surface area contributed by atoms with E-state index in [-0.39, 0.29) is 12.1 Å². The van der Waals surface area contributed by atoms with E-state index in [9.17, 15) is 5.11 Å². The molecule has 0 spiro atoms. The van der Waals surface area contributed by atoms with Gasteiger partial charge in [0.25, 0.3) is 0 Å². The maximum Gasteiger partial charge on any atom is 0.246 e. The highest BCUT2D eigenvalue weighted by Crippen LogP contribution is 2.24. The normalized spacial score (nSPS) is 22.5. The van der Waals surface area contributed by atoms with Crippen LogP contribution in [0.5, 0.6) is 0 Å². The second-order valence-corrected chi connectivity index (χ2v) is 4.49. The fourth-order valence-corrected chi connectivity index (χ4v) is 2.12. The minimum atomic E-state index is -0.387. The first-order valence-corrected chi connectivity index (χ1v) is 5.79. The van der Waals surface area contributed by atoms with Crippen LogP contribution in [0.15, 0.2) is 0 Å². The third-order valence-electron chi connectivity index (χ3n) is 2.91. The molecule has 1 aliphatic rings. The van der Waals surface area contributed by atoms with Gasteiger partial charge in [-0.1, -0.05) is 11.6 Å². The summed E-state index contributed by atoms with van der Waals surface area (Å²) in [5, 5.41) is 17.8. The largest absolute Gasteiger partial charge is 0.391 e. The lowest BCUT2D eigenvalue weighted by atomic mass is 10.1. The first kappa shape index (κ1) is 11.5. The zero-order chi connectivity index (χ0) is 11.7. The van der Waals surface area contributed by atoms with Crippen LogP contribution in [0.3, 0.4) is 0 Å². The highest BCUT2D eigenvalue weighted by molar-refractivity contribution is 6.29. The summed E-state index contributed by atoms with van der Waals surface area (Å²) in [4.78, 5) is 6.30. The average molecular weight is 243 g/mol. The van der Waals surface area contributed by atoms with Crippen LogP contribution in [0.25, 0.3) is 0 Å². The van der Waals surface area contributed by atoms with Crippen molar-refractivity contribution in [1.29, 1.82) is 0 Å². The molecule has 2 rings (SSSR count). The van der Waals surface area contributed by atoms with Gasteiger partial charge in [0, 0.05) is 6.54 Å². The van der Waals surface area contributed by atoms with Crippen molar-refractivity contribution in [2.75, 3.05) is 11.4 Å². The Morgan fingerprint density at radius 3 is 2.88 bits per heavy atom. The van der Waals surface area contributed by atoms with Gasteiger partial charge in [0.1, 0.15) is 0 Å². The number of aromatic nitrogens is 3. The van der Waals surface area contributed by atoms with Gasteiger partial charge in [-0.05, 0) is 26.7 Å². The number of nitrogens with zero attached hydrogens (tertiary/aromatic N) is 4. The second-order valence-electron chi connectivity index (χ2n) is 4.13. The van der Waals surface area contributed by atoms with Crippen molar-refractivity contribution in [2.24, 2.45) is 0 Å². The minimum absolute atomic E-state index is 0.0855. The summed E-state index contributed by atoms with van der Waals surface area (Å²) in [6, 6.07) is 0.0855. The molecule has 1 aliphatic heterocycles. The Labute approximate surface area is 99.5 Å². The third kappa shape index (κ3) is 2.10. The predicted octanol–water partition coefficient (Wildman–Crippen LogP) is 1.18. The van der Waals surface area contributed by atoms with E-state index in [0.29, 0.717) is 16.8 Å². The molecular formula is C10H15ClN4O. The smallest absolute Gasteiger partial charge is 0.246 e. The Balaban J connectivity index is 2.26. The summed E-state index contributed by atoms with van der Waals surface area (Å²) < 4.78 is 0. The number of aliphatic hydroxyl groups is 1. The van der Waals surface area contributed by atoms with Crippen molar-refractivity contribution in [3.8, 4) is 0 Å². The Hall–Kier alpha value is -0.940. The van der Waals surface area contributed by atoms with Gasteiger partial charge in [-0.25, -0.2) is 4.98 Å². The van der Waals surface area contributed by atoms with E-state index in [1.165, 1.54) is 0 Å². The minimum Gasteiger partial charge on any atom is -0.391 e. The molecule has 0 aliphatic carbocycles. The molecule has 0 aromatic carbocycles. The first-order chi connectivity index (χ1) is 7.59. The maximum atomic E-state index is 9.66. The number of anilines is 1. The van der Waals surface area contributed by atoms with Gasteiger partial charge in [0.2, 0.25) is 5.95 Å². The molecule has 1 unspecified atom stereocenters. The summed E-state index contributed by atoms with van der Waals surface area (Å²) in [6.45, 7) is 4.45. The number of aliphatic hydroxyl groups excluding tert-OH is 1. The number of hydrogen-bond acceptors (Lipinski definition) is 5. The van der Waals surface area contributed by atoms with Crippen molar-refractivity contribution in [1.82, 2.24) is 15.2 Å². The van der Waals surface area contributed by atoms with E-state index >= 15 is 0 Å². The van der Waals surface area contributed by atoms with Gasteiger partial charge in [-0.15, -0.1) is 10.2 Å². The van der Waals surface area contributed by atoms with E-state index in [4.69, 9.17) is 11.6 Å². The fraction of sp³-hybridized carbons (Fsp3) is 0.700. The molecule has 1 N–H and O–H groups in total. The van der Waals surface area contributed by atoms with Crippen LogP contribution in [0, 0.1) is 6.92 Å². The predicted molar refractivity (Wildman–Crippen MR) is 61.6 cm³/mol. The lowest BCUT2D eigenvalue weighted by Gasteiger charge is -2.26. The number of hydrogen-bond donors (Lipinski definition) is 1. The molecule has 1 saturated heterocycles. The van der Waals surface area contributed by atoms with Crippen LogP contribution in [0.4, 0.5) is 5.95 Å². The van der Waals surface area contributed by atoms with Gasteiger partial charge in [0.15, 0.2) is 5.15 Å². The van der Waals surface area contributed by atoms with Gasteiger partial charge in [-0.2, -0.15) is 0 Å². The summed E-state index contributed by atoms with van der Waals surface area (Å²) >= 11 is 5.78. The lowest BCUT2D eigenvalue weighted by Crippen LogP contribution is -2.38. The number of aryl methyl sites for hydroxylation is 1. The van der Waals surface area contributed by atoms with Crippen LogP contribution >= 0.6 is 11.6 Å². The van der Waals surface area contributed by atoms with Crippen LogP contribution < -0.4 is 4.90 Å². The number of rotatable bonds is 2. The summed E-state index contributed by atoms with van der Waals surface area (Å²) in [5.41, 5.74) is 0.669. The van der Waals surface area contributed by atoms with Gasteiger partial charge < -0.3 is 10.0 Å². The molecule has 0 amide bonds. The molecule has 16 heavy (non-hydrogen) atoms. The van der Waals surface area contributed by atoms with Crippen LogP contribution in [-0.4, -0.2) is 39.0 Å². The molecular weight excluding hydrogens is 228 g/mol. The Morgan fingerprint density at radius 1 is 1.50 bits per heavy atom. The van der Waals surface area contributed by atoms with Gasteiger partial charge in [-0.3, -0.25) is 0 Å². The number of halogens is 1. The summed E-state index contributed by atoms with van der Waals surface area (Å²) in [5.74, 6) is 0.560. The lowest BCUT2D eigenvalue weighted by molar-refractivity contribution is 0.164. The van der Waals surface area contributed by atoms with Crippen molar-refractivity contribution in [3.63, 3.8) is 0 Å². The molecule has 1 aromatic rings. The summed E-state index contributed by atoms with van der Waals surface area (Å²) in [7, 11) is 0.